The number of benzene rings is 1. The van der Waals surface area contributed by atoms with E-state index in [1.54, 1.807) is 0 Å². The molecule has 3 rings (SSSR count). The van der Waals surface area contributed by atoms with Gasteiger partial charge in [-0.1, -0.05) is 6.42 Å². The quantitative estimate of drug-likeness (QED) is 0.849. The summed E-state index contributed by atoms with van der Waals surface area (Å²) in [5.74, 6) is -3.04. The fourth-order valence-electron chi connectivity index (χ4n) is 3.95. The Morgan fingerprint density at radius 1 is 1.10 bits per heavy atom. The first kappa shape index (κ1) is 14.9. The highest BCUT2D eigenvalue weighted by Crippen LogP contribution is 2.40. The van der Waals surface area contributed by atoms with Crippen molar-refractivity contribution in [3.05, 3.63) is 35.1 Å². The van der Waals surface area contributed by atoms with Crippen LogP contribution in [0.2, 0.25) is 0 Å². The molecule has 0 saturated carbocycles. The highest BCUT2D eigenvalue weighted by Gasteiger charge is 2.44. The number of rotatable bonds is 2. The predicted octanol–water partition coefficient (Wildman–Crippen LogP) is 3.02. The summed E-state index contributed by atoms with van der Waals surface area (Å²) in [4.78, 5) is 2.29. The molecule has 2 heterocycles. The monoisotopic (exact) mass is 299 g/mol. The second kappa shape index (κ2) is 5.29. The molecule has 0 radical (unpaired) electrons. The molecule has 2 aliphatic heterocycles. The normalized spacial score (nSPS) is 33.2. The van der Waals surface area contributed by atoms with Gasteiger partial charge in [-0.3, -0.25) is 0 Å². The number of fused-ring (bicyclic) bond motifs is 2. The SMILES string of the molecule is CN1C2CCCC1CC(O)(Cc1cc(F)c(F)cc1F)C2. The Bertz CT molecular complexity index is 535. The van der Waals surface area contributed by atoms with Gasteiger partial charge in [0.25, 0.3) is 0 Å². The number of hydrogen-bond acceptors (Lipinski definition) is 2. The van der Waals surface area contributed by atoms with Crippen LogP contribution in [0.4, 0.5) is 13.2 Å². The number of hydrogen-bond donors (Lipinski definition) is 1. The molecule has 2 aliphatic rings. The van der Waals surface area contributed by atoms with Crippen molar-refractivity contribution < 1.29 is 18.3 Å². The average Bonchev–Trinajstić information content (AvgIpc) is 2.38. The third-order valence-corrected chi connectivity index (χ3v) is 5.07. The Kier molecular flexibility index (Phi) is 3.74. The van der Waals surface area contributed by atoms with Crippen LogP contribution in [0.1, 0.15) is 37.7 Å². The Morgan fingerprint density at radius 3 is 2.29 bits per heavy atom. The summed E-state index contributed by atoms with van der Waals surface area (Å²) in [7, 11) is 2.06. The standard InChI is InChI=1S/C16H20F3NO/c1-20-11-3-2-4-12(20)9-16(21,8-11)7-10-5-14(18)15(19)6-13(10)17/h5-6,11-12,21H,2-4,7-9H2,1H3. The lowest BCUT2D eigenvalue weighted by atomic mass is 9.73. The Morgan fingerprint density at radius 2 is 1.67 bits per heavy atom. The van der Waals surface area contributed by atoms with E-state index >= 15 is 0 Å². The van der Waals surface area contributed by atoms with Gasteiger partial charge in [0.2, 0.25) is 0 Å². The van der Waals surface area contributed by atoms with E-state index in [0.717, 1.165) is 25.3 Å². The molecule has 0 spiro atoms. The molecule has 1 aromatic carbocycles. The van der Waals surface area contributed by atoms with E-state index in [1.165, 1.54) is 0 Å². The third kappa shape index (κ3) is 2.81. The molecule has 1 aromatic rings. The first-order chi connectivity index (χ1) is 9.88. The molecule has 2 saturated heterocycles. The van der Waals surface area contributed by atoms with E-state index in [9.17, 15) is 18.3 Å². The van der Waals surface area contributed by atoms with E-state index in [2.05, 4.69) is 11.9 Å². The third-order valence-electron chi connectivity index (χ3n) is 5.07. The molecule has 2 nitrogen and oxygen atoms in total. The zero-order chi connectivity index (χ0) is 15.2. The van der Waals surface area contributed by atoms with Crippen LogP contribution in [-0.2, 0) is 6.42 Å². The topological polar surface area (TPSA) is 23.5 Å². The number of piperidine rings is 2. The van der Waals surface area contributed by atoms with E-state index in [1.807, 2.05) is 0 Å². The smallest absolute Gasteiger partial charge is 0.161 e. The summed E-state index contributed by atoms with van der Waals surface area (Å²) >= 11 is 0. The Hall–Kier alpha value is -1.07. The Balaban J connectivity index is 1.82. The summed E-state index contributed by atoms with van der Waals surface area (Å²) in [6.45, 7) is 0. The van der Waals surface area contributed by atoms with E-state index in [-0.39, 0.29) is 24.1 Å². The van der Waals surface area contributed by atoms with Gasteiger partial charge < -0.3 is 10.0 Å². The van der Waals surface area contributed by atoms with Gasteiger partial charge >= 0.3 is 0 Å². The van der Waals surface area contributed by atoms with Crippen molar-refractivity contribution in [2.45, 2.75) is 56.2 Å². The van der Waals surface area contributed by atoms with Crippen LogP contribution >= 0.6 is 0 Å². The molecule has 21 heavy (non-hydrogen) atoms. The predicted molar refractivity (Wildman–Crippen MR) is 73.4 cm³/mol. The maximum absolute atomic E-state index is 13.8. The molecular formula is C16H20F3NO. The van der Waals surface area contributed by atoms with Gasteiger partial charge in [0.1, 0.15) is 5.82 Å². The average molecular weight is 299 g/mol. The fraction of sp³-hybridized carbons (Fsp3) is 0.625. The van der Waals surface area contributed by atoms with Crippen LogP contribution < -0.4 is 0 Å². The van der Waals surface area contributed by atoms with Gasteiger partial charge in [-0.05, 0) is 44.4 Å². The van der Waals surface area contributed by atoms with E-state index in [4.69, 9.17) is 0 Å². The van der Waals surface area contributed by atoms with Gasteiger partial charge in [0.05, 0.1) is 5.60 Å². The van der Waals surface area contributed by atoms with Crippen LogP contribution in [-0.4, -0.2) is 34.7 Å². The van der Waals surface area contributed by atoms with Crippen LogP contribution in [0.5, 0.6) is 0 Å². The summed E-state index contributed by atoms with van der Waals surface area (Å²) in [6, 6.07) is 2.01. The molecule has 0 amide bonds. The van der Waals surface area contributed by atoms with E-state index in [0.29, 0.717) is 18.9 Å². The second-order valence-corrected chi connectivity index (χ2v) is 6.57. The molecule has 2 unspecified atom stereocenters. The van der Waals surface area contributed by atoms with Crippen molar-refractivity contribution >= 4 is 0 Å². The molecule has 0 aromatic heterocycles. The zero-order valence-electron chi connectivity index (χ0n) is 12.1. The van der Waals surface area contributed by atoms with Crippen molar-refractivity contribution in [3.63, 3.8) is 0 Å². The summed E-state index contributed by atoms with van der Waals surface area (Å²) in [5.41, 5.74) is -0.980. The maximum Gasteiger partial charge on any atom is 0.161 e. The van der Waals surface area contributed by atoms with Crippen molar-refractivity contribution in [1.82, 2.24) is 4.90 Å². The number of halogens is 3. The van der Waals surface area contributed by atoms with Gasteiger partial charge in [0.15, 0.2) is 11.6 Å². The van der Waals surface area contributed by atoms with Gasteiger partial charge in [-0.2, -0.15) is 0 Å². The first-order valence-electron chi connectivity index (χ1n) is 7.46. The minimum atomic E-state index is -1.19. The summed E-state index contributed by atoms with van der Waals surface area (Å²) in [5, 5.41) is 10.8. The van der Waals surface area contributed by atoms with Crippen molar-refractivity contribution in [1.29, 1.82) is 0 Å². The van der Waals surface area contributed by atoms with Crippen LogP contribution in [0.25, 0.3) is 0 Å². The molecule has 1 N–H and O–H groups in total. The second-order valence-electron chi connectivity index (χ2n) is 6.57. The molecule has 2 bridgehead atoms. The van der Waals surface area contributed by atoms with Gasteiger partial charge in [-0.25, -0.2) is 13.2 Å². The van der Waals surface area contributed by atoms with Crippen LogP contribution in [0.3, 0.4) is 0 Å². The van der Waals surface area contributed by atoms with Crippen molar-refractivity contribution in [2.75, 3.05) is 7.05 Å². The largest absolute Gasteiger partial charge is 0.389 e. The minimum absolute atomic E-state index is 0.0386. The lowest BCUT2D eigenvalue weighted by molar-refractivity contribution is -0.0824. The number of nitrogens with zero attached hydrogens (tertiary/aromatic N) is 1. The first-order valence-corrected chi connectivity index (χ1v) is 7.46. The summed E-state index contributed by atoms with van der Waals surface area (Å²) < 4.78 is 40.1. The van der Waals surface area contributed by atoms with Crippen LogP contribution in [0, 0.1) is 17.5 Å². The highest BCUT2D eigenvalue weighted by molar-refractivity contribution is 5.22. The van der Waals surface area contributed by atoms with Crippen LogP contribution in [0.15, 0.2) is 12.1 Å². The molecule has 0 aliphatic carbocycles. The Labute approximate surface area is 122 Å². The van der Waals surface area contributed by atoms with Gasteiger partial charge in [-0.15, -0.1) is 0 Å². The molecular weight excluding hydrogens is 279 g/mol. The van der Waals surface area contributed by atoms with E-state index < -0.39 is 23.1 Å². The minimum Gasteiger partial charge on any atom is -0.389 e. The van der Waals surface area contributed by atoms with Crippen molar-refractivity contribution in [3.8, 4) is 0 Å². The number of aliphatic hydroxyl groups is 1. The molecule has 5 heteroatoms. The maximum atomic E-state index is 13.8. The molecule has 116 valence electrons. The van der Waals surface area contributed by atoms with Crippen molar-refractivity contribution in [2.24, 2.45) is 0 Å². The molecule has 2 atom stereocenters. The highest BCUT2D eigenvalue weighted by atomic mass is 19.2. The molecule has 2 fully saturated rings. The van der Waals surface area contributed by atoms with Gasteiger partial charge in [0, 0.05) is 24.6 Å². The summed E-state index contributed by atoms with van der Waals surface area (Å²) in [6.07, 6.45) is 4.34. The zero-order valence-corrected chi connectivity index (χ0v) is 12.1. The fourth-order valence-corrected chi connectivity index (χ4v) is 3.95. The lowest BCUT2D eigenvalue weighted by Crippen LogP contribution is -2.57. The lowest BCUT2D eigenvalue weighted by Gasteiger charge is -2.50.